The Balaban J connectivity index is 1.41. The number of piperazine rings is 1. The molecule has 5 heteroatoms. The molecule has 3 aromatic rings. The number of halogens is 2. The Labute approximate surface area is 189 Å². The van der Waals surface area contributed by atoms with Gasteiger partial charge in [0.05, 0.1) is 0 Å². The molecule has 168 valence electrons. The van der Waals surface area contributed by atoms with Crippen LogP contribution in [0.3, 0.4) is 0 Å². The van der Waals surface area contributed by atoms with Gasteiger partial charge < -0.3 is 9.64 Å². The number of para-hydroxylation sites is 1. The van der Waals surface area contributed by atoms with E-state index in [2.05, 4.69) is 41.0 Å². The van der Waals surface area contributed by atoms with E-state index in [-0.39, 0.29) is 23.5 Å². The van der Waals surface area contributed by atoms with Gasteiger partial charge in [0.15, 0.2) is 11.6 Å². The lowest BCUT2D eigenvalue weighted by Crippen LogP contribution is -2.47. The largest absolute Gasteiger partial charge is 0.483 e. The summed E-state index contributed by atoms with van der Waals surface area (Å²) in [5.74, 6) is -0.431. The molecule has 1 aliphatic heterocycles. The Morgan fingerprint density at radius 1 is 0.875 bits per heavy atom. The fourth-order valence-electron chi connectivity index (χ4n) is 4.26. The van der Waals surface area contributed by atoms with Gasteiger partial charge in [-0.1, -0.05) is 36.4 Å². The zero-order valence-corrected chi connectivity index (χ0v) is 18.7. The SMILES string of the molecule is Cc1ccc(F)c(O[C@H](CCN2CCN(c3ccccc3C)CC2)c2ccc(F)cc2)c1. The third kappa shape index (κ3) is 5.46. The number of rotatable bonds is 7. The monoisotopic (exact) mass is 436 g/mol. The lowest BCUT2D eigenvalue weighted by atomic mass is 10.1. The molecule has 4 rings (SSSR count). The van der Waals surface area contributed by atoms with E-state index in [0.29, 0.717) is 6.42 Å². The molecular weight excluding hydrogens is 406 g/mol. The van der Waals surface area contributed by atoms with E-state index in [1.165, 1.54) is 29.4 Å². The summed E-state index contributed by atoms with van der Waals surface area (Å²) in [6.45, 7) is 8.76. The summed E-state index contributed by atoms with van der Waals surface area (Å²) < 4.78 is 33.9. The first-order valence-electron chi connectivity index (χ1n) is 11.2. The van der Waals surface area contributed by atoms with E-state index >= 15 is 0 Å². The number of anilines is 1. The van der Waals surface area contributed by atoms with Gasteiger partial charge in [-0.05, 0) is 60.9 Å². The average Bonchev–Trinajstić information content (AvgIpc) is 2.80. The van der Waals surface area contributed by atoms with Crippen molar-refractivity contribution >= 4 is 5.69 Å². The molecule has 3 aromatic carbocycles. The van der Waals surface area contributed by atoms with Gasteiger partial charge in [-0.25, -0.2) is 8.78 Å². The van der Waals surface area contributed by atoms with Gasteiger partial charge in [0.25, 0.3) is 0 Å². The summed E-state index contributed by atoms with van der Waals surface area (Å²) in [6, 6.07) is 19.7. The highest BCUT2D eigenvalue weighted by Gasteiger charge is 2.21. The van der Waals surface area contributed by atoms with Gasteiger partial charge in [-0.15, -0.1) is 0 Å². The second-order valence-corrected chi connectivity index (χ2v) is 8.50. The van der Waals surface area contributed by atoms with Crippen molar-refractivity contribution < 1.29 is 13.5 Å². The maximum absolute atomic E-state index is 14.3. The summed E-state index contributed by atoms with van der Waals surface area (Å²) in [4.78, 5) is 4.85. The summed E-state index contributed by atoms with van der Waals surface area (Å²) in [5.41, 5.74) is 4.39. The molecule has 1 saturated heterocycles. The quantitative estimate of drug-likeness (QED) is 0.458. The zero-order valence-electron chi connectivity index (χ0n) is 18.7. The van der Waals surface area contributed by atoms with Gasteiger partial charge in [0.2, 0.25) is 0 Å². The van der Waals surface area contributed by atoms with E-state index in [1.54, 1.807) is 24.3 Å². The summed E-state index contributed by atoms with van der Waals surface area (Å²) in [7, 11) is 0. The molecule has 1 aliphatic rings. The van der Waals surface area contributed by atoms with Gasteiger partial charge in [-0.3, -0.25) is 4.90 Å². The predicted octanol–water partition coefficient (Wildman–Crippen LogP) is 5.91. The van der Waals surface area contributed by atoms with Gasteiger partial charge in [0.1, 0.15) is 11.9 Å². The number of nitrogens with zero attached hydrogens (tertiary/aromatic N) is 2. The van der Waals surface area contributed by atoms with E-state index in [1.807, 2.05) is 6.92 Å². The number of ether oxygens (including phenoxy) is 1. The van der Waals surface area contributed by atoms with Crippen molar-refractivity contribution in [3.63, 3.8) is 0 Å². The highest BCUT2D eigenvalue weighted by atomic mass is 19.1. The van der Waals surface area contributed by atoms with Crippen LogP contribution < -0.4 is 9.64 Å². The zero-order chi connectivity index (χ0) is 22.5. The maximum Gasteiger partial charge on any atom is 0.165 e. The van der Waals surface area contributed by atoms with Crippen molar-refractivity contribution in [3.8, 4) is 5.75 Å². The smallest absolute Gasteiger partial charge is 0.165 e. The van der Waals surface area contributed by atoms with Crippen molar-refractivity contribution in [2.75, 3.05) is 37.6 Å². The second kappa shape index (κ2) is 10.1. The van der Waals surface area contributed by atoms with Crippen molar-refractivity contribution in [3.05, 3.63) is 95.1 Å². The third-order valence-electron chi connectivity index (χ3n) is 6.13. The average molecular weight is 437 g/mol. The molecule has 0 aliphatic carbocycles. The standard InChI is InChI=1S/C27H30F2N2O/c1-20-7-12-24(29)27(19-20)32-26(22-8-10-23(28)11-9-22)13-14-30-15-17-31(18-16-30)25-6-4-3-5-21(25)2/h3-12,19,26H,13-18H2,1-2H3/t26-/m1/s1. The fourth-order valence-corrected chi connectivity index (χ4v) is 4.26. The van der Waals surface area contributed by atoms with E-state index < -0.39 is 0 Å². The van der Waals surface area contributed by atoms with Crippen LogP contribution in [-0.2, 0) is 0 Å². The van der Waals surface area contributed by atoms with E-state index in [0.717, 1.165) is 43.9 Å². The van der Waals surface area contributed by atoms with Crippen LogP contribution in [-0.4, -0.2) is 37.6 Å². The topological polar surface area (TPSA) is 15.7 Å². The molecule has 1 heterocycles. The second-order valence-electron chi connectivity index (χ2n) is 8.50. The van der Waals surface area contributed by atoms with Gasteiger partial charge >= 0.3 is 0 Å². The van der Waals surface area contributed by atoms with Gasteiger partial charge in [0, 0.05) is 44.8 Å². The van der Waals surface area contributed by atoms with Crippen LogP contribution in [0.15, 0.2) is 66.7 Å². The van der Waals surface area contributed by atoms with E-state index in [9.17, 15) is 8.78 Å². The minimum Gasteiger partial charge on any atom is -0.483 e. The highest BCUT2D eigenvalue weighted by molar-refractivity contribution is 5.53. The van der Waals surface area contributed by atoms with Gasteiger partial charge in [-0.2, -0.15) is 0 Å². The van der Waals surface area contributed by atoms with E-state index in [4.69, 9.17) is 4.74 Å². The lowest BCUT2D eigenvalue weighted by molar-refractivity contribution is 0.154. The van der Waals surface area contributed by atoms with Crippen LogP contribution in [0, 0.1) is 25.5 Å². The van der Waals surface area contributed by atoms with Crippen molar-refractivity contribution in [1.82, 2.24) is 4.90 Å². The Kier molecular flexibility index (Phi) is 7.05. The number of aryl methyl sites for hydroxylation is 2. The molecule has 1 fully saturated rings. The molecule has 3 nitrogen and oxygen atoms in total. The Morgan fingerprint density at radius 3 is 2.31 bits per heavy atom. The molecule has 0 amide bonds. The van der Waals surface area contributed by atoms with Crippen LogP contribution >= 0.6 is 0 Å². The summed E-state index contributed by atoms with van der Waals surface area (Å²) >= 11 is 0. The number of benzene rings is 3. The first-order chi connectivity index (χ1) is 15.5. The maximum atomic E-state index is 14.3. The molecule has 1 atom stereocenters. The van der Waals surface area contributed by atoms with Crippen LogP contribution in [0.4, 0.5) is 14.5 Å². The molecule has 0 N–H and O–H groups in total. The first-order valence-corrected chi connectivity index (χ1v) is 11.2. The molecule has 0 unspecified atom stereocenters. The molecule has 0 spiro atoms. The fraction of sp³-hybridized carbons (Fsp3) is 0.333. The number of hydrogen-bond donors (Lipinski definition) is 0. The third-order valence-corrected chi connectivity index (χ3v) is 6.13. The summed E-state index contributed by atoms with van der Waals surface area (Å²) in [5, 5.41) is 0. The highest BCUT2D eigenvalue weighted by Crippen LogP contribution is 2.29. The Hall–Kier alpha value is -2.92. The predicted molar refractivity (Wildman–Crippen MR) is 125 cm³/mol. The minimum atomic E-state index is -0.380. The van der Waals surface area contributed by atoms with Crippen molar-refractivity contribution in [1.29, 1.82) is 0 Å². The first kappa shape index (κ1) is 22.3. The van der Waals surface area contributed by atoms with Crippen LogP contribution in [0.25, 0.3) is 0 Å². The molecular formula is C27H30F2N2O. The van der Waals surface area contributed by atoms with Crippen LogP contribution in [0.2, 0.25) is 0 Å². The van der Waals surface area contributed by atoms with Crippen molar-refractivity contribution in [2.24, 2.45) is 0 Å². The normalized spacial score (nSPS) is 15.6. The molecule has 0 aromatic heterocycles. The van der Waals surface area contributed by atoms with Crippen molar-refractivity contribution in [2.45, 2.75) is 26.4 Å². The molecule has 32 heavy (non-hydrogen) atoms. The molecule has 0 bridgehead atoms. The molecule has 0 radical (unpaired) electrons. The molecule has 0 saturated carbocycles. The Morgan fingerprint density at radius 2 is 1.59 bits per heavy atom. The minimum absolute atomic E-state index is 0.240. The number of hydrogen-bond acceptors (Lipinski definition) is 3. The van der Waals surface area contributed by atoms with Crippen LogP contribution in [0.1, 0.15) is 29.2 Å². The summed E-state index contributed by atoms with van der Waals surface area (Å²) in [6.07, 6.45) is 0.352. The Bertz CT molecular complexity index is 1030. The lowest BCUT2D eigenvalue weighted by Gasteiger charge is -2.37. The van der Waals surface area contributed by atoms with Crippen LogP contribution in [0.5, 0.6) is 5.75 Å².